The number of aliphatic hydroxyl groups is 1. The van der Waals surface area contributed by atoms with Crippen LogP contribution in [0, 0.1) is 0 Å². The maximum Gasteiger partial charge on any atom is 0.305 e. The summed E-state index contributed by atoms with van der Waals surface area (Å²) in [6.45, 7) is 3.27. The summed E-state index contributed by atoms with van der Waals surface area (Å²) in [6.07, 6.45) is 44.7. The lowest BCUT2D eigenvalue weighted by atomic mass is 10.0. The second-order valence-corrected chi connectivity index (χ2v) is 13.0. The van der Waals surface area contributed by atoms with E-state index in [1.54, 1.807) is 0 Å². The van der Waals surface area contributed by atoms with E-state index in [0.29, 0.717) is 19.6 Å². The van der Waals surface area contributed by atoms with Crippen LogP contribution in [0.1, 0.15) is 225 Å². The molecule has 0 aliphatic rings. The first-order valence-electron chi connectivity index (χ1n) is 19.1. The van der Waals surface area contributed by atoms with Crippen LogP contribution < -0.4 is 0 Å². The normalized spacial score (nSPS) is 11.4. The predicted molar refractivity (Wildman–Crippen MR) is 181 cm³/mol. The average molecular weight is 581 g/mol. The molecule has 0 aromatic rings. The SMILES string of the molecule is CCCCCCCCCCCCCCCCCC(=O)OCCCCCCCCCCCCCCCCCCCCO. The zero-order valence-electron chi connectivity index (χ0n) is 28.2. The van der Waals surface area contributed by atoms with Crippen molar-refractivity contribution in [1.82, 2.24) is 0 Å². The average Bonchev–Trinajstić information content (AvgIpc) is 2.98. The highest BCUT2D eigenvalue weighted by molar-refractivity contribution is 5.69. The van der Waals surface area contributed by atoms with Gasteiger partial charge in [-0.2, -0.15) is 0 Å². The van der Waals surface area contributed by atoms with Crippen LogP contribution in [0.4, 0.5) is 0 Å². The van der Waals surface area contributed by atoms with Crippen LogP contribution in [-0.2, 0) is 9.53 Å². The van der Waals surface area contributed by atoms with E-state index in [4.69, 9.17) is 9.84 Å². The number of rotatable bonds is 36. The fraction of sp³-hybridized carbons (Fsp3) is 0.974. The molecule has 0 aromatic carbocycles. The van der Waals surface area contributed by atoms with Crippen molar-refractivity contribution in [2.75, 3.05) is 13.2 Å². The van der Waals surface area contributed by atoms with E-state index in [2.05, 4.69) is 6.92 Å². The van der Waals surface area contributed by atoms with Crippen molar-refractivity contribution in [3.8, 4) is 0 Å². The zero-order chi connectivity index (χ0) is 29.7. The molecule has 0 aliphatic carbocycles. The molecule has 0 bridgehead atoms. The summed E-state index contributed by atoms with van der Waals surface area (Å²) in [6, 6.07) is 0. The van der Waals surface area contributed by atoms with Gasteiger partial charge in [0.05, 0.1) is 6.61 Å². The third-order valence-corrected chi connectivity index (χ3v) is 8.80. The second-order valence-electron chi connectivity index (χ2n) is 13.0. The molecule has 3 nitrogen and oxygen atoms in total. The summed E-state index contributed by atoms with van der Waals surface area (Å²) < 4.78 is 5.45. The van der Waals surface area contributed by atoms with Gasteiger partial charge in [0.1, 0.15) is 0 Å². The Labute approximate surface area is 258 Å². The van der Waals surface area contributed by atoms with Crippen LogP contribution in [0.5, 0.6) is 0 Å². The van der Waals surface area contributed by atoms with Gasteiger partial charge in [-0.3, -0.25) is 4.79 Å². The smallest absolute Gasteiger partial charge is 0.305 e. The van der Waals surface area contributed by atoms with E-state index in [1.807, 2.05) is 0 Å². The molecule has 0 spiro atoms. The lowest BCUT2D eigenvalue weighted by Gasteiger charge is -2.06. The summed E-state index contributed by atoms with van der Waals surface area (Å²) >= 11 is 0. The summed E-state index contributed by atoms with van der Waals surface area (Å²) in [5.74, 6) is 0.0222. The maximum atomic E-state index is 11.9. The van der Waals surface area contributed by atoms with Crippen molar-refractivity contribution in [3.63, 3.8) is 0 Å². The van der Waals surface area contributed by atoms with Gasteiger partial charge >= 0.3 is 5.97 Å². The number of ether oxygens (including phenoxy) is 1. The first-order valence-corrected chi connectivity index (χ1v) is 19.1. The third-order valence-electron chi connectivity index (χ3n) is 8.80. The minimum absolute atomic E-state index is 0.0222. The Morgan fingerprint density at radius 1 is 0.390 bits per heavy atom. The Morgan fingerprint density at radius 3 is 0.976 bits per heavy atom. The van der Waals surface area contributed by atoms with Crippen LogP contribution >= 0.6 is 0 Å². The standard InChI is InChI=1S/C38H76O3/c1-2-3-4-5-6-7-8-9-14-17-20-23-26-29-32-35-38(40)41-37-34-31-28-25-22-19-16-13-11-10-12-15-18-21-24-27-30-33-36-39/h39H,2-37H2,1H3. The Bertz CT molecular complexity index is 478. The Kier molecular flexibility index (Phi) is 36.9. The fourth-order valence-electron chi connectivity index (χ4n) is 5.94. The predicted octanol–water partition coefficient (Wildman–Crippen LogP) is 12.8. The molecule has 0 atom stereocenters. The Balaban J connectivity index is 3.14. The van der Waals surface area contributed by atoms with E-state index in [1.165, 1.54) is 193 Å². The minimum Gasteiger partial charge on any atom is -0.466 e. The van der Waals surface area contributed by atoms with Crippen molar-refractivity contribution in [2.24, 2.45) is 0 Å². The second kappa shape index (κ2) is 37.5. The molecule has 0 unspecified atom stereocenters. The monoisotopic (exact) mass is 581 g/mol. The van der Waals surface area contributed by atoms with E-state index in [0.717, 1.165) is 19.3 Å². The zero-order valence-corrected chi connectivity index (χ0v) is 28.2. The van der Waals surface area contributed by atoms with Gasteiger partial charge in [-0.15, -0.1) is 0 Å². The molecule has 246 valence electrons. The summed E-state index contributed by atoms with van der Waals surface area (Å²) in [5.41, 5.74) is 0. The van der Waals surface area contributed by atoms with E-state index in [-0.39, 0.29) is 5.97 Å². The highest BCUT2D eigenvalue weighted by Crippen LogP contribution is 2.16. The number of aliphatic hydroxyl groups excluding tert-OH is 1. The number of hydrogen-bond donors (Lipinski definition) is 1. The lowest BCUT2D eigenvalue weighted by Crippen LogP contribution is -2.05. The van der Waals surface area contributed by atoms with E-state index >= 15 is 0 Å². The fourth-order valence-corrected chi connectivity index (χ4v) is 5.94. The molecule has 0 heterocycles. The quantitative estimate of drug-likeness (QED) is 0.0592. The van der Waals surface area contributed by atoms with Crippen molar-refractivity contribution in [1.29, 1.82) is 0 Å². The molecule has 0 rings (SSSR count). The molecule has 0 radical (unpaired) electrons. The van der Waals surface area contributed by atoms with Crippen molar-refractivity contribution in [2.45, 2.75) is 225 Å². The highest BCUT2D eigenvalue weighted by Gasteiger charge is 2.03. The number of carbonyl (C=O) groups excluding carboxylic acids is 1. The lowest BCUT2D eigenvalue weighted by molar-refractivity contribution is -0.143. The van der Waals surface area contributed by atoms with E-state index < -0.39 is 0 Å². The largest absolute Gasteiger partial charge is 0.466 e. The van der Waals surface area contributed by atoms with Gasteiger partial charge in [-0.05, 0) is 19.3 Å². The van der Waals surface area contributed by atoms with Crippen LogP contribution in [0.25, 0.3) is 0 Å². The van der Waals surface area contributed by atoms with Crippen LogP contribution in [0.2, 0.25) is 0 Å². The van der Waals surface area contributed by atoms with E-state index in [9.17, 15) is 4.79 Å². The molecule has 0 saturated carbocycles. The first-order chi connectivity index (χ1) is 20.3. The number of unbranched alkanes of at least 4 members (excludes halogenated alkanes) is 31. The Hall–Kier alpha value is -0.570. The number of esters is 1. The van der Waals surface area contributed by atoms with Gasteiger partial charge in [0.25, 0.3) is 0 Å². The number of carbonyl (C=O) groups is 1. The van der Waals surface area contributed by atoms with Crippen LogP contribution in [-0.4, -0.2) is 24.3 Å². The molecule has 0 aromatic heterocycles. The number of hydrogen-bond acceptors (Lipinski definition) is 3. The van der Waals surface area contributed by atoms with Gasteiger partial charge in [-0.25, -0.2) is 0 Å². The summed E-state index contributed by atoms with van der Waals surface area (Å²) in [4.78, 5) is 11.9. The third kappa shape index (κ3) is 37.4. The molecular formula is C38H76O3. The topological polar surface area (TPSA) is 46.5 Å². The summed E-state index contributed by atoms with van der Waals surface area (Å²) in [5, 5.41) is 8.78. The van der Waals surface area contributed by atoms with Gasteiger partial charge in [-0.1, -0.05) is 200 Å². The van der Waals surface area contributed by atoms with Gasteiger partial charge in [0.15, 0.2) is 0 Å². The van der Waals surface area contributed by atoms with Crippen molar-refractivity contribution >= 4 is 5.97 Å². The van der Waals surface area contributed by atoms with Gasteiger partial charge in [0, 0.05) is 13.0 Å². The molecule has 0 amide bonds. The Morgan fingerprint density at radius 2 is 0.659 bits per heavy atom. The van der Waals surface area contributed by atoms with Crippen molar-refractivity contribution < 1.29 is 14.6 Å². The molecule has 0 fully saturated rings. The molecule has 3 heteroatoms. The highest BCUT2D eigenvalue weighted by atomic mass is 16.5. The molecular weight excluding hydrogens is 504 g/mol. The van der Waals surface area contributed by atoms with Gasteiger partial charge in [0.2, 0.25) is 0 Å². The first kappa shape index (κ1) is 40.4. The molecule has 1 N–H and O–H groups in total. The van der Waals surface area contributed by atoms with Crippen LogP contribution in [0.15, 0.2) is 0 Å². The molecule has 0 aliphatic heterocycles. The summed E-state index contributed by atoms with van der Waals surface area (Å²) in [7, 11) is 0. The minimum atomic E-state index is 0.0222. The molecule has 0 saturated heterocycles. The van der Waals surface area contributed by atoms with Crippen molar-refractivity contribution in [3.05, 3.63) is 0 Å². The van der Waals surface area contributed by atoms with Gasteiger partial charge < -0.3 is 9.84 Å². The molecule has 41 heavy (non-hydrogen) atoms. The van der Waals surface area contributed by atoms with Crippen LogP contribution in [0.3, 0.4) is 0 Å². The maximum absolute atomic E-state index is 11.9.